The van der Waals surface area contributed by atoms with E-state index in [2.05, 4.69) is 89.3 Å². The van der Waals surface area contributed by atoms with E-state index in [4.69, 9.17) is 0 Å². The van der Waals surface area contributed by atoms with Gasteiger partial charge in [0.1, 0.15) is 0 Å². The molecule has 0 nitrogen and oxygen atoms in total. The van der Waals surface area contributed by atoms with Crippen LogP contribution in [0.2, 0.25) is 0 Å². The van der Waals surface area contributed by atoms with Crippen molar-refractivity contribution in [3.63, 3.8) is 0 Å². The van der Waals surface area contributed by atoms with Gasteiger partial charge in [-0.1, -0.05) is 124 Å². The lowest BCUT2D eigenvalue weighted by Crippen LogP contribution is -2.15. The first kappa shape index (κ1) is 39.7. The van der Waals surface area contributed by atoms with Gasteiger partial charge < -0.3 is 0 Å². The molecule has 0 aliphatic rings. The minimum atomic E-state index is 0.396. The van der Waals surface area contributed by atoms with Crippen LogP contribution in [-0.4, -0.2) is 0 Å². The minimum Gasteiger partial charge on any atom is -0.100 e. The smallest absolute Gasteiger partial charge is 0.00642 e. The van der Waals surface area contributed by atoms with Crippen molar-refractivity contribution in [2.75, 3.05) is 0 Å². The normalized spacial score (nSPS) is 13.1. The molecule has 0 saturated carbocycles. The first-order valence-electron chi connectivity index (χ1n) is 17.5. The second-order valence-corrected chi connectivity index (χ2v) is 14.9. The van der Waals surface area contributed by atoms with Gasteiger partial charge in [-0.25, -0.2) is 0 Å². The predicted octanol–water partition coefficient (Wildman–Crippen LogP) is 13.8. The molecular formula is C41H74. The Morgan fingerprint density at radius 3 is 1.63 bits per heavy atom. The third-order valence-electron chi connectivity index (χ3n) is 9.74. The molecule has 0 aliphatic carbocycles. The van der Waals surface area contributed by atoms with Crippen molar-refractivity contribution in [1.29, 1.82) is 0 Å². The Morgan fingerprint density at radius 1 is 0.634 bits per heavy atom. The largest absolute Gasteiger partial charge is 0.100 e. The van der Waals surface area contributed by atoms with Gasteiger partial charge in [-0.2, -0.15) is 0 Å². The molecule has 2 unspecified atom stereocenters. The SMILES string of the molecule is C=C(C)CCC(=C)Cc1c(C)c(C)c(C)c(CCC(C)(C)CCCC(C)CCCC(C)CCCC(C)C)c1C.CC. The van der Waals surface area contributed by atoms with Crippen LogP contribution in [0.25, 0.3) is 0 Å². The maximum Gasteiger partial charge on any atom is -0.00642 e. The Kier molecular flexibility index (Phi) is 19.9. The van der Waals surface area contributed by atoms with E-state index in [-0.39, 0.29) is 0 Å². The molecule has 1 rings (SSSR count). The Hall–Kier alpha value is -1.30. The van der Waals surface area contributed by atoms with Crippen molar-refractivity contribution in [3.05, 3.63) is 57.7 Å². The van der Waals surface area contributed by atoms with E-state index in [1.165, 1.54) is 110 Å². The van der Waals surface area contributed by atoms with Gasteiger partial charge >= 0.3 is 0 Å². The molecule has 0 bridgehead atoms. The summed E-state index contributed by atoms with van der Waals surface area (Å²) in [5.41, 5.74) is 12.1. The summed E-state index contributed by atoms with van der Waals surface area (Å²) in [4.78, 5) is 0. The molecule has 0 radical (unpaired) electrons. The highest BCUT2D eigenvalue weighted by molar-refractivity contribution is 5.51. The fourth-order valence-electron chi connectivity index (χ4n) is 6.34. The Morgan fingerprint density at radius 2 is 1.12 bits per heavy atom. The number of rotatable bonds is 20. The van der Waals surface area contributed by atoms with Gasteiger partial charge in [-0.05, 0) is 130 Å². The van der Waals surface area contributed by atoms with Crippen molar-refractivity contribution < 1.29 is 0 Å². The zero-order valence-corrected chi connectivity index (χ0v) is 30.5. The molecule has 1 aromatic carbocycles. The van der Waals surface area contributed by atoms with Gasteiger partial charge in [-0.3, -0.25) is 0 Å². The zero-order chi connectivity index (χ0) is 31.8. The van der Waals surface area contributed by atoms with E-state index < -0.39 is 0 Å². The minimum absolute atomic E-state index is 0.396. The van der Waals surface area contributed by atoms with Gasteiger partial charge in [-0.15, -0.1) is 6.58 Å². The Labute approximate surface area is 260 Å². The lowest BCUT2D eigenvalue weighted by Gasteiger charge is -2.28. The molecule has 0 spiro atoms. The van der Waals surface area contributed by atoms with Crippen LogP contribution in [0, 0.1) is 50.9 Å². The average molecular weight is 567 g/mol. The molecule has 0 heterocycles. The Balaban J connectivity index is 0.00000781. The van der Waals surface area contributed by atoms with E-state index in [1.807, 2.05) is 13.8 Å². The molecule has 0 N–H and O–H groups in total. The van der Waals surface area contributed by atoms with Crippen LogP contribution in [0.4, 0.5) is 0 Å². The second-order valence-electron chi connectivity index (χ2n) is 14.9. The summed E-state index contributed by atoms with van der Waals surface area (Å²) in [7, 11) is 0. The maximum atomic E-state index is 4.42. The van der Waals surface area contributed by atoms with Crippen molar-refractivity contribution in [2.45, 2.75) is 180 Å². The molecular weight excluding hydrogens is 492 g/mol. The van der Waals surface area contributed by atoms with Crippen LogP contribution in [0.1, 0.15) is 173 Å². The molecule has 0 heteroatoms. The molecule has 238 valence electrons. The first-order chi connectivity index (χ1) is 19.1. The third-order valence-corrected chi connectivity index (χ3v) is 9.74. The highest BCUT2D eigenvalue weighted by Gasteiger charge is 2.21. The van der Waals surface area contributed by atoms with Gasteiger partial charge in [0.15, 0.2) is 0 Å². The number of allylic oxidation sites excluding steroid dienone is 2. The van der Waals surface area contributed by atoms with E-state index in [9.17, 15) is 0 Å². The maximum absolute atomic E-state index is 4.42. The second kappa shape index (κ2) is 20.6. The van der Waals surface area contributed by atoms with Crippen LogP contribution in [0.3, 0.4) is 0 Å². The van der Waals surface area contributed by atoms with Gasteiger partial charge in [0.05, 0.1) is 0 Å². The molecule has 0 fully saturated rings. The van der Waals surface area contributed by atoms with E-state index >= 15 is 0 Å². The van der Waals surface area contributed by atoms with Crippen molar-refractivity contribution >= 4 is 0 Å². The summed E-state index contributed by atoms with van der Waals surface area (Å²) in [5, 5.41) is 0. The summed E-state index contributed by atoms with van der Waals surface area (Å²) in [5.74, 6) is 2.63. The highest BCUT2D eigenvalue weighted by Crippen LogP contribution is 2.35. The van der Waals surface area contributed by atoms with Gasteiger partial charge in [0, 0.05) is 0 Å². The summed E-state index contributed by atoms with van der Waals surface area (Å²) in [6.45, 7) is 38.6. The van der Waals surface area contributed by atoms with Crippen molar-refractivity contribution in [3.8, 4) is 0 Å². The van der Waals surface area contributed by atoms with E-state index in [0.29, 0.717) is 5.41 Å². The fraction of sp³-hybridized carbons (Fsp3) is 0.756. The fourth-order valence-corrected chi connectivity index (χ4v) is 6.34. The molecule has 2 atom stereocenters. The van der Waals surface area contributed by atoms with Crippen LogP contribution < -0.4 is 0 Å². The first-order valence-corrected chi connectivity index (χ1v) is 17.5. The van der Waals surface area contributed by atoms with Crippen molar-refractivity contribution in [1.82, 2.24) is 0 Å². The Bertz CT molecular complexity index is 893. The van der Waals surface area contributed by atoms with Crippen LogP contribution in [0.15, 0.2) is 24.3 Å². The van der Waals surface area contributed by atoms with E-state index in [1.54, 1.807) is 5.56 Å². The number of hydrogen-bond donors (Lipinski definition) is 0. The van der Waals surface area contributed by atoms with Crippen LogP contribution >= 0.6 is 0 Å². The summed E-state index contributed by atoms with van der Waals surface area (Å²) in [6.07, 6.45) is 18.2. The molecule has 0 aromatic heterocycles. The van der Waals surface area contributed by atoms with E-state index in [0.717, 1.165) is 37.0 Å². The molecule has 0 saturated heterocycles. The predicted molar refractivity (Wildman–Crippen MR) is 190 cm³/mol. The number of hydrogen-bond acceptors (Lipinski definition) is 0. The van der Waals surface area contributed by atoms with Gasteiger partial charge in [0.25, 0.3) is 0 Å². The zero-order valence-electron chi connectivity index (χ0n) is 30.5. The number of benzene rings is 1. The molecule has 41 heavy (non-hydrogen) atoms. The lowest BCUT2D eigenvalue weighted by atomic mass is 9.78. The highest BCUT2D eigenvalue weighted by atomic mass is 14.3. The quantitative estimate of drug-likeness (QED) is 0.138. The summed E-state index contributed by atoms with van der Waals surface area (Å²) in [6, 6.07) is 0. The summed E-state index contributed by atoms with van der Waals surface area (Å²) >= 11 is 0. The molecule has 1 aromatic rings. The summed E-state index contributed by atoms with van der Waals surface area (Å²) < 4.78 is 0. The standard InChI is InChI=1S/C39H68.C2H6/c1-28(2)17-14-18-30(5)19-15-20-31(6)21-16-25-39(12,13)26-24-37-34(9)33(8)35(10)38(36(37)11)27-32(7)23-22-29(3)4;1-2/h28,30-31H,3,7,14-27H2,1-2,4-6,8-13H3;1-2H3. The van der Waals surface area contributed by atoms with Crippen LogP contribution in [0.5, 0.6) is 0 Å². The lowest BCUT2D eigenvalue weighted by molar-refractivity contribution is 0.282. The van der Waals surface area contributed by atoms with Gasteiger partial charge in [0.2, 0.25) is 0 Å². The monoisotopic (exact) mass is 567 g/mol. The van der Waals surface area contributed by atoms with Crippen LogP contribution in [-0.2, 0) is 12.8 Å². The molecule has 0 aliphatic heterocycles. The molecule has 0 amide bonds. The third kappa shape index (κ3) is 16.2. The average Bonchev–Trinajstić information content (AvgIpc) is 2.89. The topological polar surface area (TPSA) is 0 Å². The van der Waals surface area contributed by atoms with Crippen molar-refractivity contribution in [2.24, 2.45) is 23.2 Å².